The van der Waals surface area contributed by atoms with Crippen molar-refractivity contribution in [3.63, 3.8) is 0 Å². The second-order valence-corrected chi connectivity index (χ2v) is 8.03. The Morgan fingerprint density at radius 3 is 2.50 bits per heavy atom. The van der Waals surface area contributed by atoms with Crippen molar-refractivity contribution < 1.29 is 9.53 Å². The highest BCUT2D eigenvalue weighted by Gasteiger charge is 2.31. The standard InChI is InChI=1S/C24H36N2O2/c1-4-6-7-8-9-10-11-14-19-22(24(27)28-5-2)18-15-12-13-17(3)21(18)20(16-25)23(19)26/h17H,4-15,26H2,1-3H3. The zero-order valence-corrected chi connectivity index (χ0v) is 17.9. The molecule has 1 aromatic carbocycles. The van der Waals surface area contributed by atoms with Gasteiger partial charge in [0.05, 0.1) is 23.4 Å². The van der Waals surface area contributed by atoms with Gasteiger partial charge >= 0.3 is 5.97 Å². The quantitative estimate of drug-likeness (QED) is 0.303. The second kappa shape index (κ2) is 11.1. The monoisotopic (exact) mass is 384 g/mol. The van der Waals surface area contributed by atoms with E-state index in [1.807, 2.05) is 6.92 Å². The number of fused-ring (bicyclic) bond motifs is 1. The highest BCUT2D eigenvalue weighted by Crippen LogP contribution is 2.41. The fraction of sp³-hybridized carbons (Fsp3) is 0.667. The van der Waals surface area contributed by atoms with Crippen molar-refractivity contribution in [3.05, 3.63) is 27.8 Å². The Kier molecular flexibility index (Phi) is 8.83. The van der Waals surface area contributed by atoms with Crippen LogP contribution in [0.3, 0.4) is 0 Å². The van der Waals surface area contributed by atoms with E-state index in [9.17, 15) is 10.1 Å². The van der Waals surface area contributed by atoms with Crippen molar-refractivity contribution in [3.8, 4) is 6.07 Å². The lowest BCUT2D eigenvalue weighted by atomic mass is 9.76. The molecule has 0 saturated heterocycles. The summed E-state index contributed by atoms with van der Waals surface area (Å²) in [6.07, 6.45) is 12.1. The van der Waals surface area contributed by atoms with Gasteiger partial charge in [-0.05, 0) is 61.6 Å². The first-order valence-corrected chi connectivity index (χ1v) is 11.1. The van der Waals surface area contributed by atoms with E-state index in [-0.39, 0.29) is 11.9 Å². The molecule has 0 saturated carbocycles. The molecule has 0 bridgehead atoms. The average molecular weight is 385 g/mol. The number of hydrogen-bond acceptors (Lipinski definition) is 4. The summed E-state index contributed by atoms with van der Waals surface area (Å²) in [5.74, 6) is -0.0246. The molecule has 0 spiro atoms. The van der Waals surface area contributed by atoms with Gasteiger partial charge in [-0.3, -0.25) is 0 Å². The maximum atomic E-state index is 12.8. The van der Waals surface area contributed by atoms with Crippen molar-refractivity contribution in [2.75, 3.05) is 12.3 Å². The number of hydrogen-bond donors (Lipinski definition) is 1. The Morgan fingerprint density at radius 1 is 1.18 bits per heavy atom. The summed E-state index contributed by atoms with van der Waals surface area (Å²) < 4.78 is 5.39. The summed E-state index contributed by atoms with van der Waals surface area (Å²) in [6.45, 7) is 6.53. The minimum Gasteiger partial charge on any atom is -0.462 e. The minimum absolute atomic E-state index is 0.251. The van der Waals surface area contributed by atoms with E-state index < -0.39 is 0 Å². The van der Waals surface area contributed by atoms with E-state index in [4.69, 9.17) is 10.5 Å². The Bertz CT molecular complexity index is 719. The van der Waals surface area contributed by atoms with Crippen LogP contribution >= 0.6 is 0 Å². The Morgan fingerprint density at radius 2 is 1.86 bits per heavy atom. The molecule has 0 aliphatic heterocycles. The van der Waals surface area contributed by atoms with Crippen LogP contribution in [-0.4, -0.2) is 12.6 Å². The van der Waals surface area contributed by atoms with Crippen LogP contribution in [0.5, 0.6) is 0 Å². The van der Waals surface area contributed by atoms with E-state index in [2.05, 4.69) is 19.9 Å². The Balaban J connectivity index is 2.32. The van der Waals surface area contributed by atoms with Gasteiger partial charge < -0.3 is 10.5 Å². The van der Waals surface area contributed by atoms with Gasteiger partial charge in [0.25, 0.3) is 0 Å². The van der Waals surface area contributed by atoms with Crippen LogP contribution in [0.1, 0.15) is 117 Å². The number of nitrogens with zero attached hydrogens (tertiary/aromatic N) is 1. The van der Waals surface area contributed by atoms with Gasteiger partial charge in [-0.1, -0.05) is 52.4 Å². The van der Waals surface area contributed by atoms with Gasteiger partial charge in [0.1, 0.15) is 6.07 Å². The number of ether oxygens (including phenoxy) is 1. The molecule has 154 valence electrons. The molecule has 0 fully saturated rings. The van der Waals surface area contributed by atoms with Crippen molar-refractivity contribution in [2.24, 2.45) is 0 Å². The smallest absolute Gasteiger partial charge is 0.338 e. The Hall–Kier alpha value is -2.02. The molecule has 4 heteroatoms. The summed E-state index contributed by atoms with van der Waals surface area (Å²) >= 11 is 0. The van der Waals surface area contributed by atoms with E-state index in [0.29, 0.717) is 23.4 Å². The molecule has 2 N–H and O–H groups in total. The summed E-state index contributed by atoms with van der Waals surface area (Å²) in [6, 6.07) is 2.34. The van der Waals surface area contributed by atoms with Crippen LogP contribution in [0.15, 0.2) is 0 Å². The maximum Gasteiger partial charge on any atom is 0.338 e. The predicted octanol–water partition coefficient (Wildman–Crippen LogP) is 6.05. The first-order valence-electron chi connectivity index (χ1n) is 11.1. The molecule has 1 aliphatic carbocycles. The molecule has 0 heterocycles. The zero-order chi connectivity index (χ0) is 20.5. The third kappa shape index (κ3) is 5.07. The number of anilines is 1. The molecule has 1 aromatic rings. The molecule has 2 rings (SSSR count). The summed E-state index contributed by atoms with van der Waals surface area (Å²) in [5, 5.41) is 9.80. The normalized spacial score (nSPS) is 15.7. The number of nitrogens with two attached hydrogens (primary N) is 1. The average Bonchev–Trinajstić information content (AvgIpc) is 2.68. The van der Waals surface area contributed by atoms with Crippen LogP contribution in [0.25, 0.3) is 0 Å². The van der Waals surface area contributed by atoms with Gasteiger partial charge in [-0.2, -0.15) is 5.26 Å². The Labute approximate surface area is 170 Å². The predicted molar refractivity (Wildman–Crippen MR) is 115 cm³/mol. The molecule has 1 unspecified atom stereocenters. The number of rotatable bonds is 10. The number of benzene rings is 1. The third-order valence-corrected chi connectivity index (χ3v) is 5.97. The molecule has 0 radical (unpaired) electrons. The molecular formula is C24H36N2O2. The van der Waals surface area contributed by atoms with Gasteiger partial charge in [-0.15, -0.1) is 0 Å². The minimum atomic E-state index is -0.276. The fourth-order valence-electron chi connectivity index (χ4n) is 4.52. The van der Waals surface area contributed by atoms with E-state index in [1.165, 1.54) is 32.1 Å². The van der Waals surface area contributed by atoms with Crippen LogP contribution in [-0.2, 0) is 17.6 Å². The molecule has 28 heavy (non-hydrogen) atoms. The molecule has 4 nitrogen and oxygen atoms in total. The van der Waals surface area contributed by atoms with Crippen molar-refractivity contribution >= 4 is 11.7 Å². The number of unbranched alkanes of at least 4 members (excludes halogenated alkanes) is 6. The number of carbonyl (C=O) groups is 1. The maximum absolute atomic E-state index is 12.8. The molecule has 0 amide bonds. The highest BCUT2D eigenvalue weighted by molar-refractivity contribution is 5.96. The third-order valence-electron chi connectivity index (χ3n) is 5.97. The lowest BCUT2D eigenvalue weighted by Crippen LogP contribution is -2.21. The van der Waals surface area contributed by atoms with Gasteiger partial charge in [-0.25, -0.2) is 4.79 Å². The highest BCUT2D eigenvalue weighted by atomic mass is 16.5. The van der Waals surface area contributed by atoms with Crippen molar-refractivity contribution in [1.82, 2.24) is 0 Å². The number of esters is 1. The summed E-state index contributed by atoms with van der Waals surface area (Å²) in [5.41, 5.74) is 11.1. The largest absolute Gasteiger partial charge is 0.462 e. The summed E-state index contributed by atoms with van der Waals surface area (Å²) in [4.78, 5) is 12.8. The van der Waals surface area contributed by atoms with Gasteiger partial charge in [0.2, 0.25) is 0 Å². The number of nitrogen functional groups attached to an aromatic ring is 1. The molecule has 1 aliphatic rings. The number of carbonyl (C=O) groups excluding carboxylic acids is 1. The van der Waals surface area contributed by atoms with Crippen LogP contribution < -0.4 is 5.73 Å². The SMILES string of the molecule is CCCCCCCCCc1c(N)c(C#N)c2c(c1C(=O)OCC)CCCC2C. The first-order chi connectivity index (χ1) is 13.6. The van der Waals surface area contributed by atoms with Crippen LogP contribution in [0, 0.1) is 11.3 Å². The van der Waals surface area contributed by atoms with E-state index in [1.54, 1.807) is 0 Å². The first kappa shape index (κ1) is 22.3. The topological polar surface area (TPSA) is 76.1 Å². The van der Waals surface area contributed by atoms with Crippen LogP contribution in [0.4, 0.5) is 5.69 Å². The van der Waals surface area contributed by atoms with Crippen molar-refractivity contribution in [2.45, 2.75) is 97.3 Å². The fourth-order valence-corrected chi connectivity index (χ4v) is 4.52. The second-order valence-electron chi connectivity index (χ2n) is 8.03. The molecule has 0 aromatic heterocycles. The van der Waals surface area contributed by atoms with Gasteiger partial charge in [0, 0.05) is 0 Å². The number of nitriles is 1. The molecular weight excluding hydrogens is 348 g/mol. The molecule has 1 atom stereocenters. The van der Waals surface area contributed by atoms with Crippen LogP contribution in [0.2, 0.25) is 0 Å². The lowest BCUT2D eigenvalue weighted by molar-refractivity contribution is 0.0523. The lowest BCUT2D eigenvalue weighted by Gasteiger charge is -2.28. The summed E-state index contributed by atoms with van der Waals surface area (Å²) in [7, 11) is 0. The van der Waals surface area contributed by atoms with Gasteiger partial charge in [0.15, 0.2) is 0 Å². The zero-order valence-electron chi connectivity index (χ0n) is 17.9. The van der Waals surface area contributed by atoms with E-state index in [0.717, 1.165) is 55.2 Å². The van der Waals surface area contributed by atoms with Crippen molar-refractivity contribution in [1.29, 1.82) is 5.26 Å². The van der Waals surface area contributed by atoms with E-state index >= 15 is 0 Å².